The number of hydrogen-bond donors (Lipinski definition) is 3. The summed E-state index contributed by atoms with van der Waals surface area (Å²) in [6, 6.07) is 6.62. The first-order chi connectivity index (χ1) is 11.9. The van der Waals surface area contributed by atoms with Gasteiger partial charge in [-0.1, -0.05) is 12.1 Å². The maximum atomic E-state index is 12.1. The lowest BCUT2D eigenvalue weighted by molar-refractivity contribution is -0.115. The number of amides is 3. The average molecular weight is 344 g/mol. The number of rotatable bonds is 6. The van der Waals surface area contributed by atoms with Crippen molar-refractivity contribution in [1.82, 2.24) is 10.5 Å². The molecule has 7 heteroatoms. The molecular formula is C18H24N4O3. The number of aromatic nitrogens is 1. The number of nitrogens with zero attached hydrogens (tertiary/aromatic N) is 1. The van der Waals surface area contributed by atoms with Gasteiger partial charge in [-0.25, -0.2) is 4.79 Å². The monoisotopic (exact) mass is 344 g/mol. The van der Waals surface area contributed by atoms with Crippen molar-refractivity contribution in [3.8, 4) is 0 Å². The zero-order chi connectivity index (χ0) is 18.4. The molecule has 2 rings (SSSR count). The van der Waals surface area contributed by atoms with E-state index in [4.69, 9.17) is 4.52 Å². The van der Waals surface area contributed by atoms with Crippen molar-refractivity contribution in [3.05, 3.63) is 41.3 Å². The summed E-state index contributed by atoms with van der Waals surface area (Å²) in [5.74, 6) is 0.725. The lowest BCUT2D eigenvalue weighted by atomic mass is 10.1. The normalized spacial score (nSPS) is 11.7. The molecule has 0 aliphatic heterocycles. The largest absolute Gasteiger partial charge is 0.361 e. The first kappa shape index (κ1) is 18.5. The molecule has 0 aliphatic carbocycles. The van der Waals surface area contributed by atoms with Crippen LogP contribution in [0.3, 0.4) is 0 Å². The van der Waals surface area contributed by atoms with Crippen LogP contribution in [0.5, 0.6) is 0 Å². The van der Waals surface area contributed by atoms with Crippen LogP contribution in [0.25, 0.3) is 0 Å². The van der Waals surface area contributed by atoms with Crippen LogP contribution in [0.2, 0.25) is 0 Å². The SMILES string of the molecule is CCC(=O)Nc1ccc(NC(=O)N[C@@H](C)Cc2c(C)noc2C)cc1. The maximum absolute atomic E-state index is 12.1. The average Bonchev–Trinajstić information content (AvgIpc) is 2.88. The lowest BCUT2D eigenvalue weighted by Gasteiger charge is -2.15. The third-order valence-electron chi connectivity index (χ3n) is 3.82. The summed E-state index contributed by atoms with van der Waals surface area (Å²) in [5, 5.41) is 12.3. The van der Waals surface area contributed by atoms with Crippen LogP contribution in [0, 0.1) is 13.8 Å². The van der Waals surface area contributed by atoms with Gasteiger partial charge >= 0.3 is 6.03 Å². The fourth-order valence-electron chi connectivity index (χ4n) is 2.43. The second-order valence-electron chi connectivity index (χ2n) is 5.99. The Labute approximate surface area is 147 Å². The third kappa shape index (κ3) is 5.34. The van der Waals surface area contributed by atoms with E-state index in [1.54, 1.807) is 31.2 Å². The van der Waals surface area contributed by atoms with E-state index in [9.17, 15) is 9.59 Å². The first-order valence-corrected chi connectivity index (χ1v) is 8.28. The van der Waals surface area contributed by atoms with Crippen LogP contribution in [0.1, 0.15) is 37.3 Å². The lowest BCUT2D eigenvalue weighted by Crippen LogP contribution is -2.37. The number of aryl methyl sites for hydroxylation is 2. The molecular weight excluding hydrogens is 320 g/mol. The molecule has 0 saturated carbocycles. The molecule has 3 N–H and O–H groups in total. The van der Waals surface area contributed by atoms with E-state index >= 15 is 0 Å². The van der Waals surface area contributed by atoms with Crippen LogP contribution in [0.15, 0.2) is 28.8 Å². The molecule has 7 nitrogen and oxygen atoms in total. The predicted octanol–water partition coefficient (Wildman–Crippen LogP) is 3.39. The van der Waals surface area contributed by atoms with Crippen molar-refractivity contribution in [2.45, 2.75) is 46.6 Å². The van der Waals surface area contributed by atoms with Gasteiger partial charge in [-0.15, -0.1) is 0 Å². The van der Waals surface area contributed by atoms with Gasteiger partial charge in [-0.3, -0.25) is 4.79 Å². The van der Waals surface area contributed by atoms with Gasteiger partial charge in [0.25, 0.3) is 0 Å². The molecule has 1 heterocycles. The van der Waals surface area contributed by atoms with Gasteiger partial charge in [0.1, 0.15) is 5.76 Å². The van der Waals surface area contributed by atoms with Gasteiger partial charge in [-0.05, 0) is 51.5 Å². The van der Waals surface area contributed by atoms with Gasteiger partial charge in [0.2, 0.25) is 5.91 Å². The molecule has 0 aliphatic rings. The van der Waals surface area contributed by atoms with Crippen LogP contribution >= 0.6 is 0 Å². The highest BCUT2D eigenvalue weighted by atomic mass is 16.5. The quantitative estimate of drug-likeness (QED) is 0.748. The topological polar surface area (TPSA) is 96.3 Å². The molecule has 0 fully saturated rings. The predicted molar refractivity (Wildman–Crippen MR) is 96.7 cm³/mol. The van der Waals surface area contributed by atoms with E-state index in [1.807, 2.05) is 20.8 Å². The van der Waals surface area contributed by atoms with Crippen LogP contribution < -0.4 is 16.0 Å². The molecule has 1 aromatic heterocycles. The summed E-state index contributed by atoms with van der Waals surface area (Å²) in [6.45, 7) is 7.46. The Morgan fingerprint density at radius 2 is 1.72 bits per heavy atom. The molecule has 134 valence electrons. The van der Waals surface area contributed by atoms with E-state index < -0.39 is 0 Å². The highest BCUT2D eigenvalue weighted by Crippen LogP contribution is 2.15. The zero-order valence-corrected chi connectivity index (χ0v) is 15.0. The summed E-state index contributed by atoms with van der Waals surface area (Å²) in [7, 11) is 0. The Bertz CT molecular complexity index is 718. The van der Waals surface area contributed by atoms with Gasteiger partial charge in [-0.2, -0.15) is 0 Å². The molecule has 0 unspecified atom stereocenters. The Hall–Kier alpha value is -2.83. The zero-order valence-electron chi connectivity index (χ0n) is 15.0. The molecule has 3 amide bonds. The number of carbonyl (C=O) groups is 2. The van der Waals surface area contributed by atoms with E-state index in [2.05, 4.69) is 21.1 Å². The van der Waals surface area contributed by atoms with Crippen LogP contribution in [-0.2, 0) is 11.2 Å². The van der Waals surface area contributed by atoms with Gasteiger partial charge in [0.05, 0.1) is 5.69 Å². The molecule has 0 radical (unpaired) electrons. The molecule has 25 heavy (non-hydrogen) atoms. The number of carbonyl (C=O) groups excluding carboxylic acids is 2. The van der Waals surface area contributed by atoms with Crippen LogP contribution in [0.4, 0.5) is 16.2 Å². The van der Waals surface area contributed by atoms with E-state index in [1.165, 1.54) is 0 Å². The van der Waals surface area contributed by atoms with E-state index in [0.717, 1.165) is 17.0 Å². The van der Waals surface area contributed by atoms with Crippen molar-refractivity contribution in [1.29, 1.82) is 0 Å². The van der Waals surface area contributed by atoms with Crippen molar-refractivity contribution < 1.29 is 14.1 Å². The smallest absolute Gasteiger partial charge is 0.319 e. The Kier molecular flexibility index (Phi) is 6.16. The third-order valence-corrected chi connectivity index (χ3v) is 3.82. The van der Waals surface area contributed by atoms with Gasteiger partial charge in [0, 0.05) is 29.4 Å². The maximum Gasteiger partial charge on any atom is 0.319 e. The molecule has 1 aromatic carbocycles. The standard InChI is InChI=1S/C18H24N4O3/c1-5-17(23)20-14-6-8-15(9-7-14)21-18(24)19-11(2)10-16-12(3)22-25-13(16)4/h6-9,11H,5,10H2,1-4H3,(H,20,23)(H2,19,21,24)/t11-/m0/s1. The molecule has 1 atom stereocenters. The fourth-order valence-corrected chi connectivity index (χ4v) is 2.43. The number of benzene rings is 1. The Morgan fingerprint density at radius 1 is 1.12 bits per heavy atom. The summed E-state index contributed by atoms with van der Waals surface area (Å²) >= 11 is 0. The molecule has 0 bridgehead atoms. The minimum absolute atomic E-state index is 0.0494. The van der Waals surface area contributed by atoms with Gasteiger partial charge < -0.3 is 20.5 Å². The summed E-state index contributed by atoms with van der Waals surface area (Å²) in [4.78, 5) is 23.4. The highest BCUT2D eigenvalue weighted by Gasteiger charge is 2.14. The summed E-state index contributed by atoms with van der Waals surface area (Å²) in [5.41, 5.74) is 3.21. The number of hydrogen-bond acceptors (Lipinski definition) is 4. The summed E-state index contributed by atoms with van der Waals surface area (Å²) < 4.78 is 5.14. The minimum atomic E-state index is -0.287. The Morgan fingerprint density at radius 3 is 2.24 bits per heavy atom. The first-order valence-electron chi connectivity index (χ1n) is 8.28. The number of anilines is 2. The van der Waals surface area contributed by atoms with Gasteiger partial charge in [0.15, 0.2) is 0 Å². The van der Waals surface area contributed by atoms with E-state index in [-0.39, 0.29) is 18.0 Å². The molecule has 0 spiro atoms. The van der Waals surface area contributed by atoms with Crippen molar-refractivity contribution in [2.24, 2.45) is 0 Å². The second kappa shape index (κ2) is 8.32. The highest BCUT2D eigenvalue weighted by molar-refractivity contribution is 5.92. The van der Waals surface area contributed by atoms with Crippen molar-refractivity contribution in [2.75, 3.05) is 10.6 Å². The van der Waals surface area contributed by atoms with Crippen LogP contribution in [-0.4, -0.2) is 23.1 Å². The molecule has 0 saturated heterocycles. The fraction of sp³-hybridized carbons (Fsp3) is 0.389. The number of nitrogens with one attached hydrogen (secondary N) is 3. The number of urea groups is 1. The van der Waals surface area contributed by atoms with Crippen molar-refractivity contribution in [3.63, 3.8) is 0 Å². The van der Waals surface area contributed by atoms with E-state index in [0.29, 0.717) is 24.2 Å². The minimum Gasteiger partial charge on any atom is -0.361 e. The summed E-state index contributed by atoms with van der Waals surface area (Å²) in [6.07, 6.45) is 1.07. The second-order valence-corrected chi connectivity index (χ2v) is 5.99. The molecule has 2 aromatic rings. The Balaban J connectivity index is 1.86. The van der Waals surface area contributed by atoms with Crippen molar-refractivity contribution >= 4 is 23.3 Å².